The van der Waals surface area contributed by atoms with E-state index < -0.39 is 12.5 Å². The first-order valence-corrected chi connectivity index (χ1v) is 7.24. The second-order valence-electron chi connectivity index (χ2n) is 4.49. The minimum Gasteiger partial charge on any atom is -0.415 e. The van der Waals surface area contributed by atoms with E-state index in [1.54, 1.807) is 0 Å². The van der Waals surface area contributed by atoms with Crippen LogP contribution in [0.2, 0.25) is 0 Å². The van der Waals surface area contributed by atoms with Crippen LogP contribution < -0.4 is 15.4 Å². The van der Waals surface area contributed by atoms with Crippen LogP contribution in [0.4, 0.5) is 14.5 Å². The van der Waals surface area contributed by atoms with Crippen LogP contribution in [0.5, 0.6) is 5.88 Å². The first-order valence-electron chi connectivity index (χ1n) is 6.43. The topological polar surface area (TPSA) is 90.6 Å². The molecule has 0 saturated carbocycles. The highest BCUT2D eigenvalue weighted by Crippen LogP contribution is 2.36. The van der Waals surface area contributed by atoms with Crippen molar-refractivity contribution in [1.82, 2.24) is 9.97 Å². The molecular formula is C12H12F2N4O3S. The highest BCUT2D eigenvalue weighted by atomic mass is 32.1. The highest BCUT2D eigenvalue weighted by Gasteiger charge is 2.22. The number of pyridine rings is 1. The highest BCUT2D eigenvalue weighted by molar-refractivity contribution is 7.21. The van der Waals surface area contributed by atoms with Crippen LogP contribution in [-0.4, -0.2) is 48.8 Å². The van der Waals surface area contributed by atoms with E-state index in [1.165, 1.54) is 6.20 Å². The number of thiazole rings is 1. The van der Waals surface area contributed by atoms with E-state index >= 15 is 0 Å². The van der Waals surface area contributed by atoms with Gasteiger partial charge in [0.2, 0.25) is 5.88 Å². The second kappa shape index (κ2) is 5.97. The predicted octanol–water partition coefficient (Wildman–Crippen LogP) is 1.23. The number of nitrogens with two attached hydrogens (primary N) is 1. The molecule has 1 amide bonds. The Kier molecular flexibility index (Phi) is 4.03. The Bertz CT molecular complexity index is 703. The zero-order chi connectivity index (χ0) is 15.7. The summed E-state index contributed by atoms with van der Waals surface area (Å²) in [7, 11) is 0. The summed E-state index contributed by atoms with van der Waals surface area (Å²) in [4.78, 5) is 21.2. The van der Waals surface area contributed by atoms with Crippen molar-refractivity contribution in [3.8, 4) is 5.88 Å². The molecule has 0 unspecified atom stereocenters. The van der Waals surface area contributed by atoms with Gasteiger partial charge in [-0.15, -0.1) is 11.3 Å². The van der Waals surface area contributed by atoms with Crippen molar-refractivity contribution in [3.63, 3.8) is 0 Å². The van der Waals surface area contributed by atoms with Crippen molar-refractivity contribution < 1.29 is 23.0 Å². The number of amides is 1. The zero-order valence-corrected chi connectivity index (χ0v) is 12.1. The van der Waals surface area contributed by atoms with Crippen LogP contribution in [0.15, 0.2) is 6.20 Å². The number of carbonyl (C=O) groups is 1. The Labute approximate surface area is 127 Å². The standard InChI is InChI=1S/C12H12F2N4O3S/c13-12(14)21-10-7-8(22-11(17-7)9(15)19)6(5-16-10)18-1-3-20-4-2-18/h5,12H,1-4H2,(H2,15,19). The summed E-state index contributed by atoms with van der Waals surface area (Å²) in [5, 5.41) is 0.0247. The molecule has 118 valence electrons. The lowest BCUT2D eigenvalue weighted by molar-refractivity contribution is -0.0518. The normalized spacial score (nSPS) is 15.5. The smallest absolute Gasteiger partial charge is 0.388 e. The van der Waals surface area contributed by atoms with Crippen molar-refractivity contribution >= 4 is 33.1 Å². The van der Waals surface area contributed by atoms with Gasteiger partial charge < -0.3 is 20.1 Å². The maximum atomic E-state index is 12.5. The summed E-state index contributed by atoms with van der Waals surface area (Å²) in [6, 6.07) is 0. The van der Waals surface area contributed by atoms with Crippen LogP contribution >= 0.6 is 11.3 Å². The average Bonchev–Trinajstić information content (AvgIpc) is 2.94. The maximum Gasteiger partial charge on any atom is 0.388 e. The van der Waals surface area contributed by atoms with Crippen molar-refractivity contribution in [2.75, 3.05) is 31.2 Å². The number of alkyl halides is 2. The number of fused-ring (bicyclic) bond motifs is 1. The van der Waals surface area contributed by atoms with Gasteiger partial charge in [-0.1, -0.05) is 0 Å². The van der Waals surface area contributed by atoms with Gasteiger partial charge in [-0.25, -0.2) is 9.97 Å². The molecule has 2 aromatic rings. The number of ether oxygens (including phenoxy) is 2. The summed E-state index contributed by atoms with van der Waals surface area (Å²) >= 11 is 1.03. The lowest BCUT2D eigenvalue weighted by Crippen LogP contribution is -2.36. The molecule has 22 heavy (non-hydrogen) atoms. The number of rotatable bonds is 4. The maximum absolute atomic E-state index is 12.5. The van der Waals surface area contributed by atoms with Gasteiger partial charge in [0.1, 0.15) is 5.52 Å². The fraction of sp³-hybridized carbons (Fsp3) is 0.417. The third-order valence-corrected chi connectivity index (χ3v) is 4.22. The molecule has 0 bridgehead atoms. The molecule has 0 spiro atoms. The van der Waals surface area contributed by atoms with Gasteiger partial charge in [0.25, 0.3) is 5.91 Å². The van der Waals surface area contributed by atoms with Gasteiger partial charge in [-0.2, -0.15) is 8.78 Å². The average molecular weight is 330 g/mol. The first-order chi connectivity index (χ1) is 10.6. The van der Waals surface area contributed by atoms with Crippen molar-refractivity contribution in [2.45, 2.75) is 6.61 Å². The first kappa shape index (κ1) is 14.9. The molecule has 0 atom stereocenters. The summed E-state index contributed by atoms with van der Waals surface area (Å²) < 4.78 is 35.1. The molecule has 10 heteroatoms. The number of nitrogens with zero attached hydrogens (tertiary/aromatic N) is 3. The monoisotopic (exact) mass is 330 g/mol. The van der Waals surface area contributed by atoms with Gasteiger partial charge in [0.05, 0.1) is 29.8 Å². The Hall–Kier alpha value is -2.07. The number of halogens is 2. The molecule has 0 aliphatic carbocycles. The Balaban J connectivity index is 2.11. The molecule has 1 fully saturated rings. The number of hydrogen-bond donors (Lipinski definition) is 1. The molecule has 2 N–H and O–H groups in total. The van der Waals surface area contributed by atoms with E-state index in [0.717, 1.165) is 11.3 Å². The van der Waals surface area contributed by atoms with E-state index in [1.807, 2.05) is 4.90 Å². The molecule has 0 aromatic carbocycles. The Morgan fingerprint density at radius 1 is 1.45 bits per heavy atom. The lowest BCUT2D eigenvalue weighted by Gasteiger charge is -2.28. The number of carbonyl (C=O) groups excluding carboxylic acids is 1. The molecule has 1 aliphatic heterocycles. The van der Waals surface area contributed by atoms with Gasteiger partial charge in [0, 0.05) is 13.1 Å². The SMILES string of the molecule is NC(=O)c1nc2c(OC(F)F)ncc(N3CCOCC3)c2s1. The third-order valence-electron chi connectivity index (χ3n) is 3.13. The quantitative estimate of drug-likeness (QED) is 0.907. The van der Waals surface area contributed by atoms with Crippen LogP contribution in [0.25, 0.3) is 10.2 Å². The molecule has 2 aromatic heterocycles. The second-order valence-corrected chi connectivity index (χ2v) is 5.49. The van der Waals surface area contributed by atoms with E-state index in [0.29, 0.717) is 36.7 Å². The van der Waals surface area contributed by atoms with Gasteiger partial charge in [-0.3, -0.25) is 4.79 Å². The van der Waals surface area contributed by atoms with Crippen molar-refractivity contribution in [1.29, 1.82) is 0 Å². The van der Waals surface area contributed by atoms with Crippen LogP contribution in [0.1, 0.15) is 9.80 Å². The zero-order valence-electron chi connectivity index (χ0n) is 11.3. The fourth-order valence-electron chi connectivity index (χ4n) is 2.18. The van der Waals surface area contributed by atoms with Crippen LogP contribution in [-0.2, 0) is 4.74 Å². The minimum atomic E-state index is -3.02. The third kappa shape index (κ3) is 2.79. The van der Waals surface area contributed by atoms with Crippen LogP contribution in [0.3, 0.4) is 0 Å². The fourth-order valence-corrected chi connectivity index (χ4v) is 3.13. The molecule has 7 nitrogen and oxygen atoms in total. The summed E-state index contributed by atoms with van der Waals surface area (Å²) in [5.41, 5.74) is 6.04. The minimum absolute atomic E-state index is 0.0247. The van der Waals surface area contributed by atoms with Crippen molar-refractivity contribution in [2.24, 2.45) is 5.73 Å². The number of anilines is 1. The van der Waals surface area contributed by atoms with Gasteiger partial charge in [0.15, 0.2) is 5.01 Å². The molecular weight excluding hydrogens is 318 g/mol. The van der Waals surface area contributed by atoms with E-state index in [-0.39, 0.29) is 16.4 Å². The molecule has 0 radical (unpaired) electrons. The summed E-state index contributed by atoms with van der Waals surface area (Å²) in [6.45, 7) is -0.648. The van der Waals surface area contributed by atoms with Gasteiger partial charge in [-0.05, 0) is 0 Å². The largest absolute Gasteiger partial charge is 0.415 e. The summed E-state index contributed by atoms with van der Waals surface area (Å²) in [5.74, 6) is -1.04. The van der Waals surface area contributed by atoms with Crippen molar-refractivity contribution in [3.05, 3.63) is 11.2 Å². The van der Waals surface area contributed by atoms with Crippen LogP contribution in [0, 0.1) is 0 Å². The number of hydrogen-bond acceptors (Lipinski definition) is 7. The summed E-state index contributed by atoms with van der Waals surface area (Å²) in [6.07, 6.45) is 1.44. The van der Waals surface area contributed by atoms with E-state index in [4.69, 9.17) is 10.5 Å². The van der Waals surface area contributed by atoms with Gasteiger partial charge >= 0.3 is 6.61 Å². The Morgan fingerprint density at radius 3 is 2.82 bits per heavy atom. The molecule has 1 aliphatic rings. The molecule has 3 rings (SSSR count). The predicted molar refractivity (Wildman–Crippen MR) is 75.6 cm³/mol. The number of primary amides is 1. The molecule has 1 saturated heterocycles. The number of morpholine rings is 1. The lowest BCUT2D eigenvalue weighted by atomic mass is 10.3. The number of aromatic nitrogens is 2. The Morgan fingerprint density at radius 2 is 2.18 bits per heavy atom. The molecule has 3 heterocycles. The van der Waals surface area contributed by atoms with E-state index in [9.17, 15) is 13.6 Å². The van der Waals surface area contributed by atoms with E-state index in [2.05, 4.69) is 14.7 Å².